The molecule has 2 amide bonds. The second-order valence-electron chi connectivity index (χ2n) is 7.20. The molecule has 2 rings (SSSR count). The largest absolute Gasteiger partial charge is 0.342 e. The molecule has 2 aliphatic heterocycles. The number of nitrogens with two attached hydrogens (primary N) is 1. The van der Waals surface area contributed by atoms with Gasteiger partial charge in [-0.3, -0.25) is 14.5 Å². The Bertz CT molecular complexity index is 433. The van der Waals surface area contributed by atoms with Crippen LogP contribution in [0.3, 0.4) is 0 Å². The van der Waals surface area contributed by atoms with Gasteiger partial charge in [0, 0.05) is 45.8 Å². The van der Waals surface area contributed by atoms with Crippen LogP contribution >= 0.6 is 24.8 Å². The fourth-order valence-corrected chi connectivity index (χ4v) is 3.85. The number of nitrogens with zero attached hydrogens (tertiary/aromatic N) is 3. The molecular weight excluding hydrogens is 375 g/mol. The van der Waals surface area contributed by atoms with Crippen LogP contribution in [0.25, 0.3) is 0 Å². The summed E-state index contributed by atoms with van der Waals surface area (Å²) in [4.78, 5) is 31.4. The minimum Gasteiger partial charge on any atom is -0.342 e. The maximum absolute atomic E-state index is 13.0. The molecule has 0 unspecified atom stereocenters. The molecule has 0 aromatic rings. The molecule has 0 atom stereocenters. The summed E-state index contributed by atoms with van der Waals surface area (Å²) in [5.41, 5.74) is 5.51. The monoisotopic (exact) mass is 410 g/mol. The molecule has 154 valence electrons. The summed E-state index contributed by atoms with van der Waals surface area (Å²) in [6.07, 6.45) is 4.75. The third-order valence-electron chi connectivity index (χ3n) is 5.89. The zero-order valence-electron chi connectivity index (χ0n) is 16.2. The summed E-state index contributed by atoms with van der Waals surface area (Å²) in [6, 6.07) is 0. The molecule has 0 bridgehead atoms. The molecule has 26 heavy (non-hydrogen) atoms. The van der Waals surface area contributed by atoms with Gasteiger partial charge in [-0.15, -0.1) is 24.8 Å². The number of rotatable bonds is 6. The van der Waals surface area contributed by atoms with Crippen LogP contribution < -0.4 is 5.73 Å². The molecule has 2 saturated heterocycles. The van der Waals surface area contributed by atoms with Gasteiger partial charge < -0.3 is 15.5 Å². The maximum Gasteiger partial charge on any atom is 0.236 e. The van der Waals surface area contributed by atoms with Crippen molar-refractivity contribution in [1.82, 2.24) is 14.7 Å². The van der Waals surface area contributed by atoms with Crippen LogP contribution in [0.2, 0.25) is 0 Å². The van der Waals surface area contributed by atoms with Crippen molar-refractivity contribution in [3.05, 3.63) is 0 Å². The van der Waals surface area contributed by atoms with Crippen molar-refractivity contribution >= 4 is 36.6 Å². The molecule has 2 N–H and O–H groups in total. The van der Waals surface area contributed by atoms with Gasteiger partial charge in [0.1, 0.15) is 0 Å². The normalized spacial score (nSPS) is 18.7. The van der Waals surface area contributed by atoms with E-state index in [2.05, 4.69) is 4.90 Å². The molecule has 0 radical (unpaired) electrons. The first kappa shape index (κ1) is 25.4. The second kappa shape index (κ2) is 12.0. The summed E-state index contributed by atoms with van der Waals surface area (Å²) >= 11 is 0. The smallest absolute Gasteiger partial charge is 0.236 e. The topological polar surface area (TPSA) is 69.9 Å². The highest BCUT2D eigenvalue weighted by atomic mass is 35.5. The Hall–Kier alpha value is -0.560. The number of halogens is 2. The summed E-state index contributed by atoms with van der Waals surface area (Å²) < 4.78 is 0. The lowest BCUT2D eigenvalue weighted by Gasteiger charge is -2.34. The van der Waals surface area contributed by atoms with Crippen molar-refractivity contribution < 1.29 is 9.59 Å². The fourth-order valence-electron chi connectivity index (χ4n) is 3.85. The van der Waals surface area contributed by atoms with Gasteiger partial charge in [-0.1, -0.05) is 13.8 Å². The highest BCUT2D eigenvalue weighted by molar-refractivity contribution is 5.85. The maximum atomic E-state index is 13.0. The first-order chi connectivity index (χ1) is 11.6. The van der Waals surface area contributed by atoms with E-state index < -0.39 is 5.41 Å². The molecule has 2 heterocycles. The van der Waals surface area contributed by atoms with Crippen molar-refractivity contribution in [2.24, 2.45) is 11.1 Å². The molecule has 6 nitrogen and oxygen atoms in total. The van der Waals surface area contributed by atoms with E-state index >= 15 is 0 Å². The van der Waals surface area contributed by atoms with Gasteiger partial charge in [0.15, 0.2) is 0 Å². The van der Waals surface area contributed by atoms with Gasteiger partial charge in [-0.25, -0.2) is 0 Å². The van der Waals surface area contributed by atoms with Crippen LogP contribution in [0.5, 0.6) is 0 Å². The Morgan fingerprint density at radius 1 is 0.846 bits per heavy atom. The quantitative estimate of drug-likeness (QED) is 0.723. The fraction of sp³-hybridized carbons (Fsp3) is 0.889. The van der Waals surface area contributed by atoms with Crippen LogP contribution in [0.15, 0.2) is 0 Å². The molecule has 0 aliphatic carbocycles. The molecular formula is C18H36Cl2N4O2. The van der Waals surface area contributed by atoms with Gasteiger partial charge in [0.05, 0.1) is 12.0 Å². The van der Waals surface area contributed by atoms with Crippen molar-refractivity contribution in [3.8, 4) is 0 Å². The average molecular weight is 411 g/mol. The third-order valence-corrected chi connectivity index (χ3v) is 5.89. The summed E-state index contributed by atoms with van der Waals surface area (Å²) in [5, 5.41) is 0. The van der Waals surface area contributed by atoms with Crippen LogP contribution in [-0.2, 0) is 9.59 Å². The number of hydrogen-bond acceptors (Lipinski definition) is 4. The molecule has 2 fully saturated rings. The second-order valence-corrected chi connectivity index (χ2v) is 7.20. The Morgan fingerprint density at radius 2 is 1.42 bits per heavy atom. The Balaban J connectivity index is 0.00000312. The third kappa shape index (κ3) is 5.98. The summed E-state index contributed by atoms with van der Waals surface area (Å²) in [5.74, 6) is 0.438. The number of amides is 2. The molecule has 2 aliphatic rings. The van der Waals surface area contributed by atoms with Gasteiger partial charge >= 0.3 is 0 Å². The lowest BCUT2D eigenvalue weighted by molar-refractivity contribution is -0.142. The number of carbonyl (C=O) groups excluding carboxylic acids is 2. The van der Waals surface area contributed by atoms with Crippen molar-refractivity contribution in [2.45, 2.75) is 46.0 Å². The molecule has 0 saturated carbocycles. The van der Waals surface area contributed by atoms with Crippen molar-refractivity contribution in [1.29, 1.82) is 0 Å². The minimum absolute atomic E-state index is 0. The van der Waals surface area contributed by atoms with Crippen LogP contribution in [0.4, 0.5) is 0 Å². The lowest BCUT2D eigenvalue weighted by Crippen LogP contribution is -2.49. The van der Waals surface area contributed by atoms with Crippen molar-refractivity contribution in [2.75, 3.05) is 52.4 Å². The molecule has 8 heteroatoms. The molecule has 0 aromatic heterocycles. The van der Waals surface area contributed by atoms with Crippen LogP contribution in [0, 0.1) is 5.41 Å². The Morgan fingerprint density at radius 3 is 1.96 bits per heavy atom. The van der Waals surface area contributed by atoms with E-state index in [1.54, 1.807) is 0 Å². The zero-order chi connectivity index (χ0) is 17.6. The first-order valence-electron chi connectivity index (χ1n) is 9.56. The number of carbonyl (C=O) groups is 2. The van der Waals surface area contributed by atoms with E-state index in [9.17, 15) is 9.59 Å². The van der Waals surface area contributed by atoms with Gasteiger partial charge in [-0.2, -0.15) is 0 Å². The van der Waals surface area contributed by atoms with Gasteiger partial charge in [-0.05, 0) is 32.1 Å². The van der Waals surface area contributed by atoms with Crippen LogP contribution in [0.1, 0.15) is 46.0 Å². The standard InChI is InChI=1S/C18H34N4O2.2ClH/c1-3-18(4-2,15-19)17(24)22-11-7-8-20(12-13-22)14-16(23)21-9-5-6-10-21;;/h3-15,19H2,1-2H3;2*1H. The lowest BCUT2D eigenvalue weighted by atomic mass is 9.81. The minimum atomic E-state index is -0.416. The van der Waals surface area contributed by atoms with Crippen molar-refractivity contribution in [3.63, 3.8) is 0 Å². The Labute approximate surface area is 170 Å². The van der Waals surface area contributed by atoms with E-state index in [1.165, 1.54) is 0 Å². The van der Waals surface area contributed by atoms with E-state index in [4.69, 9.17) is 5.73 Å². The molecule has 0 aromatic carbocycles. The predicted molar refractivity (Wildman–Crippen MR) is 110 cm³/mol. The zero-order valence-corrected chi connectivity index (χ0v) is 17.9. The number of hydrogen-bond donors (Lipinski definition) is 1. The van der Waals surface area contributed by atoms with E-state index in [1.807, 2.05) is 23.6 Å². The highest BCUT2D eigenvalue weighted by Gasteiger charge is 2.37. The first-order valence-corrected chi connectivity index (χ1v) is 9.56. The number of likely N-dealkylation sites (tertiary alicyclic amines) is 1. The SMILES string of the molecule is CCC(CC)(CN)C(=O)N1CCCN(CC(=O)N2CCCC2)CC1.Cl.Cl. The van der Waals surface area contributed by atoms with E-state index in [-0.39, 0.29) is 36.6 Å². The molecule has 0 spiro atoms. The average Bonchev–Trinajstić information content (AvgIpc) is 3.04. The van der Waals surface area contributed by atoms with E-state index in [0.717, 1.165) is 64.8 Å². The summed E-state index contributed by atoms with van der Waals surface area (Å²) in [6.45, 7) is 9.95. The van der Waals surface area contributed by atoms with E-state index in [0.29, 0.717) is 19.6 Å². The van der Waals surface area contributed by atoms with Gasteiger partial charge in [0.2, 0.25) is 11.8 Å². The predicted octanol–water partition coefficient (Wildman–Crippen LogP) is 1.75. The summed E-state index contributed by atoms with van der Waals surface area (Å²) in [7, 11) is 0. The van der Waals surface area contributed by atoms with Crippen LogP contribution in [-0.4, -0.2) is 78.9 Å². The Kier molecular flexibility index (Phi) is 11.7. The van der Waals surface area contributed by atoms with Gasteiger partial charge in [0.25, 0.3) is 0 Å². The highest BCUT2D eigenvalue weighted by Crippen LogP contribution is 2.28.